The van der Waals surface area contributed by atoms with Gasteiger partial charge in [0.15, 0.2) is 0 Å². The van der Waals surface area contributed by atoms with Gasteiger partial charge in [0.2, 0.25) is 0 Å². The molecule has 0 fully saturated rings. The second-order valence-electron chi connectivity index (χ2n) is 4.27. The van der Waals surface area contributed by atoms with E-state index in [4.69, 9.17) is 45.9 Å². The molecule has 3 nitrogen and oxygen atoms in total. The SMILES string of the molecule is CCC[CH2][Sn]([O]C(=S)CC)([O]C(=S)CC)[O]C(=S)CC. The van der Waals surface area contributed by atoms with Crippen LogP contribution in [0, 0.1) is 0 Å². The Bertz CT molecular complexity index is 302. The summed E-state index contributed by atoms with van der Waals surface area (Å²) in [6.45, 7) is 7.98. The Morgan fingerprint density at radius 3 is 1.35 bits per heavy atom. The summed E-state index contributed by atoms with van der Waals surface area (Å²) in [7, 11) is 0. The maximum absolute atomic E-state index is 5.96. The molecule has 0 aliphatic heterocycles. The average molecular weight is 443 g/mol. The Hall–Kier alpha value is 0.469. The van der Waals surface area contributed by atoms with Gasteiger partial charge >= 0.3 is 145 Å². The molecule has 0 radical (unpaired) electrons. The molecule has 0 unspecified atom stereocenters. The normalized spacial score (nSPS) is 10.8. The van der Waals surface area contributed by atoms with E-state index in [2.05, 4.69) is 6.92 Å². The number of hydrogen-bond donors (Lipinski definition) is 0. The molecular weight excluding hydrogens is 419 g/mol. The van der Waals surface area contributed by atoms with Gasteiger partial charge in [0.05, 0.1) is 0 Å². The van der Waals surface area contributed by atoms with Gasteiger partial charge < -0.3 is 0 Å². The quantitative estimate of drug-likeness (QED) is 0.369. The minimum atomic E-state index is -3.86. The number of thiocarbonyl (C=S) groups is 3. The third-order valence-corrected chi connectivity index (χ3v) is 12.4. The van der Waals surface area contributed by atoms with Crippen LogP contribution in [0.1, 0.15) is 59.8 Å². The zero-order chi connectivity index (χ0) is 15.6. The molecule has 7 heteroatoms. The van der Waals surface area contributed by atoms with E-state index in [1.54, 1.807) is 0 Å². The third-order valence-electron chi connectivity index (χ3n) is 2.51. The molecule has 0 saturated heterocycles. The van der Waals surface area contributed by atoms with Crippen molar-refractivity contribution in [3.63, 3.8) is 0 Å². The predicted molar refractivity (Wildman–Crippen MR) is 97.4 cm³/mol. The van der Waals surface area contributed by atoms with Crippen LogP contribution in [0.4, 0.5) is 0 Å². The van der Waals surface area contributed by atoms with Crippen molar-refractivity contribution in [1.82, 2.24) is 0 Å². The van der Waals surface area contributed by atoms with Crippen LogP contribution in [-0.2, 0) is 9.22 Å². The van der Waals surface area contributed by atoms with E-state index in [1.807, 2.05) is 20.8 Å². The molecule has 0 spiro atoms. The molecule has 0 aromatic heterocycles. The predicted octanol–water partition coefficient (Wildman–Crippen LogP) is 4.99. The first-order valence-corrected chi connectivity index (χ1v) is 13.8. The van der Waals surface area contributed by atoms with Gasteiger partial charge in [-0.05, 0) is 0 Å². The van der Waals surface area contributed by atoms with E-state index in [-0.39, 0.29) is 0 Å². The van der Waals surface area contributed by atoms with Gasteiger partial charge in [0.1, 0.15) is 0 Å². The summed E-state index contributed by atoms with van der Waals surface area (Å²) in [4.78, 5) is 0. The van der Waals surface area contributed by atoms with Gasteiger partial charge in [0.25, 0.3) is 0 Å². The first-order valence-electron chi connectivity index (χ1n) is 7.08. The van der Waals surface area contributed by atoms with Gasteiger partial charge in [-0.3, -0.25) is 0 Å². The van der Waals surface area contributed by atoms with Crippen molar-refractivity contribution < 1.29 is 9.22 Å². The number of hydrogen-bond acceptors (Lipinski definition) is 6. The summed E-state index contributed by atoms with van der Waals surface area (Å²) in [6.07, 6.45) is 3.96. The van der Waals surface area contributed by atoms with Crippen LogP contribution in [0.2, 0.25) is 4.44 Å². The van der Waals surface area contributed by atoms with Gasteiger partial charge in [-0.25, -0.2) is 0 Å². The van der Waals surface area contributed by atoms with Crippen LogP contribution in [0.5, 0.6) is 0 Å². The molecule has 0 aromatic rings. The summed E-state index contributed by atoms with van der Waals surface area (Å²) < 4.78 is 18.6. The van der Waals surface area contributed by atoms with Crippen molar-refractivity contribution in [2.24, 2.45) is 0 Å². The van der Waals surface area contributed by atoms with Crippen molar-refractivity contribution in [2.45, 2.75) is 64.2 Å². The Kier molecular flexibility index (Phi) is 11.4. The standard InChI is InChI=1S/C4H9.3C3H6OS.Sn/c1-3-4-2;3*1-2-3(4)5;/h1,3-4H2,2H3;3*2H2,1H3,(H,4,5);/q;;;;+3/p-3. The van der Waals surface area contributed by atoms with E-state index in [1.165, 1.54) is 0 Å². The maximum atomic E-state index is 5.96. The molecule has 20 heavy (non-hydrogen) atoms. The monoisotopic (exact) mass is 444 g/mol. The third kappa shape index (κ3) is 8.04. The van der Waals surface area contributed by atoms with Crippen LogP contribution in [0.15, 0.2) is 0 Å². The summed E-state index contributed by atoms with van der Waals surface area (Å²) in [5, 5.41) is 1.57. The van der Waals surface area contributed by atoms with E-state index < -0.39 is 19.6 Å². The zero-order valence-electron chi connectivity index (χ0n) is 12.7. The first-order chi connectivity index (χ1) is 9.42. The van der Waals surface area contributed by atoms with Crippen molar-refractivity contribution in [3.8, 4) is 0 Å². The van der Waals surface area contributed by atoms with Gasteiger partial charge in [-0.15, -0.1) is 0 Å². The summed E-state index contributed by atoms with van der Waals surface area (Å²) in [5.74, 6) is 0. The molecule has 0 aromatic carbocycles. The van der Waals surface area contributed by atoms with E-state index in [0.29, 0.717) is 34.4 Å². The van der Waals surface area contributed by atoms with Crippen molar-refractivity contribution in [1.29, 1.82) is 0 Å². The fourth-order valence-corrected chi connectivity index (χ4v) is 11.6. The first kappa shape index (κ1) is 20.5. The van der Waals surface area contributed by atoms with Crippen LogP contribution in [-0.4, -0.2) is 34.8 Å². The number of unbranched alkanes of at least 4 members (excludes halogenated alkanes) is 1. The van der Waals surface area contributed by atoms with Crippen LogP contribution < -0.4 is 0 Å². The fraction of sp³-hybridized carbons (Fsp3) is 0.769. The molecule has 116 valence electrons. The summed E-state index contributed by atoms with van der Waals surface area (Å²) in [6, 6.07) is 0. The van der Waals surface area contributed by atoms with Gasteiger partial charge in [0, 0.05) is 0 Å². The van der Waals surface area contributed by atoms with Crippen molar-refractivity contribution >= 4 is 71.4 Å². The molecular formula is C13H24O3S3Sn. The van der Waals surface area contributed by atoms with Crippen LogP contribution in [0.25, 0.3) is 0 Å². The summed E-state index contributed by atoms with van der Waals surface area (Å²) in [5.41, 5.74) is 0. The van der Waals surface area contributed by atoms with Crippen LogP contribution >= 0.6 is 36.7 Å². The Balaban J connectivity index is 5.18. The van der Waals surface area contributed by atoms with Gasteiger partial charge in [-0.2, -0.15) is 0 Å². The number of rotatable bonds is 9. The molecule has 0 heterocycles. The second-order valence-corrected chi connectivity index (χ2v) is 12.7. The summed E-state index contributed by atoms with van der Waals surface area (Å²) >= 11 is 11.8. The molecule has 0 rings (SSSR count). The Morgan fingerprint density at radius 1 is 0.750 bits per heavy atom. The Morgan fingerprint density at radius 2 is 1.10 bits per heavy atom. The zero-order valence-corrected chi connectivity index (χ0v) is 18.0. The molecule has 0 N–H and O–H groups in total. The average Bonchev–Trinajstić information content (AvgIpc) is 2.44. The van der Waals surface area contributed by atoms with E-state index in [0.717, 1.165) is 17.3 Å². The molecule has 0 atom stereocenters. The molecule has 0 aliphatic rings. The molecule has 0 saturated carbocycles. The second kappa shape index (κ2) is 11.1. The van der Waals surface area contributed by atoms with Gasteiger partial charge in [-0.1, -0.05) is 0 Å². The van der Waals surface area contributed by atoms with Crippen LogP contribution in [0.3, 0.4) is 0 Å². The Labute approximate surface area is 144 Å². The molecule has 0 aliphatic carbocycles. The van der Waals surface area contributed by atoms with E-state index >= 15 is 0 Å². The topological polar surface area (TPSA) is 27.7 Å². The molecule has 0 bridgehead atoms. The fourth-order valence-electron chi connectivity index (χ4n) is 1.35. The molecule has 0 amide bonds. The van der Waals surface area contributed by atoms with Crippen molar-refractivity contribution in [2.75, 3.05) is 0 Å². The minimum absolute atomic E-state index is 0.523. The van der Waals surface area contributed by atoms with Crippen molar-refractivity contribution in [3.05, 3.63) is 0 Å². The van der Waals surface area contributed by atoms with E-state index in [9.17, 15) is 0 Å².